The van der Waals surface area contributed by atoms with Crippen LogP contribution in [0.5, 0.6) is 0 Å². The summed E-state index contributed by atoms with van der Waals surface area (Å²) in [6.07, 6.45) is 2.18. The van der Waals surface area contributed by atoms with Gasteiger partial charge in [0.25, 0.3) is 0 Å². The van der Waals surface area contributed by atoms with Gasteiger partial charge in [0, 0.05) is 6.20 Å². The first-order chi connectivity index (χ1) is 4.75. The highest BCUT2D eigenvalue weighted by molar-refractivity contribution is 5.51. The maximum atomic E-state index is 10.2. The summed E-state index contributed by atoms with van der Waals surface area (Å²) >= 11 is 0. The van der Waals surface area contributed by atoms with E-state index in [1.54, 1.807) is 25.3 Å². The van der Waals surface area contributed by atoms with E-state index in [0.717, 1.165) is 5.56 Å². The van der Waals surface area contributed by atoms with Gasteiger partial charge in [0.1, 0.15) is 5.49 Å². The van der Waals surface area contributed by atoms with Crippen molar-refractivity contribution in [3.8, 4) is 0 Å². The number of nitrogens with one attached hydrogen (secondary N) is 1. The number of hydrogen-bond acceptors (Lipinski definition) is 2. The zero-order chi connectivity index (χ0) is 7.56. The molecule has 0 aliphatic carbocycles. The molecule has 52 valence electrons. The molecule has 0 atom stereocenters. The van der Waals surface area contributed by atoms with Crippen molar-refractivity contribution in [1.82, 2.24) is 4.57 Å². The Morgan fingerprint density at radius 2 is 2.40 bits per heavy atom. The third-order valence-electron chi connectivity index (χ3n) is 1.34. The zero-order valence-electron chi connectivity index (χ0n) is 5.66. The number of aromatic nitrogens is 1. The number of carbonyl (C=O) groups is 1. The van der Waals surface area contributed by atoms with Gasteiger partial charge in [-0.25, -0.2) is 0 Å². The predicted molar refractivity (Wildman–Crippen MR) is 37.2 cm³/mol. The zero-order valence-corrected chi connectivity index (χ0v) is 5.66. The van der Waals surface area contributed by atoms with Crippen LogP contribution in [0.2, 0.25) is 0 Å². The van der Waals surface area contributed by atoms with E-state index in [9.17, 15) is 4.79 Å². The van der Waals surface area contributed by atoms with Gasteiger partial charge in [-0.2, -0.15) is 0 Å². The van der Waals surface area contributed by atoms with Crippen LogP contribution in [-0.2, 0) is 4.79 Å². The molecular weight excluding hydrogens is 128 g/mol. The third kappa shape index (κ3) is 0.978. The van der Waals surface area contributed by atoms with E-state index in [1.165, 1.54) is 4.57 Å². The van der Waals surface area contributed by atoms with Crippen LogP contribution in [0.1, 0.15) is 5.56 Å². The fourth-order valence-electron chi connectivity index (χ4n) is 0.725. The van der Waals surface area contributed by atoms with Gasteiger partial charge in [-0.3, -0.25) is 14.8 Å². The van der Waals surface area contributed by atoms with Crippen LogP contribution in [-0.4, -0.2) is 11.0 Å². The lowest BCUT2D eigenvalue weighted by Gasteiger charge is -1.96. The van der Waals surface area contributed by atoms with Crippen molar-refractivity contribution in [3.63, 3.8) is 0 Å². The van der Waals surface area contributed by atoms with Crippen LogP contribution in [0.15, 0.2) is 18.3 Å². The molecule has 0 amide bonds. The lowest BCUT2D eigenvalue weighted by atomic mass is 10.3. The molecule has 0 fully saturated rings. The largest absolute Gasteiger partial charge is 0.284 e. The highest BCUT2D eigenvalue weighted by atomic mass is 16.1. The summed E-state index contributed by atoms with van der Waals surface area (Å²) in [7, 11) is 0. The van der Waals surface area contributed by atoms with Crippen LogP contribution < -0.4 is 5.49 Å². The van der Waals surface area contributed by atoms with Gasteiger partial charge >= 0.3 is 0 Å². The van der Waals surface area contributed by atoms with Gasteiger partial charge in [-0.1, -0.05) is 6.07 Å². The van der Waals surface area contributed by atoms with E-state index >= 15 is 0 Å². The molecular formula is C7H8N2O. The topological polar surface area (TPSA) is 45.9 Å². The van der Waals surface area contributed by atoms with Crippen molar-refractivity contribution in [3.05, 3.63) is 29.4 Å². The van der Waals surface area contributed by atoms with E-state index in [1.807, 2.05) is 0 Å². The van der Waals surface area contributed by atoms with E-state index < -0.39 is 0 Å². The van der Waals surface area contributed by atoms with E-state index in [-0.39, 0.29) is 5.49 Å². The molecule has 0 aliphatic rings. The predicted octanol–water partition coefficient (Wildman–Crippen LogP) is 0.314. The van der Waals surface area contributed by atoms with E-state index in [2.05, 4.69) is 0 Å². The molecule has 1 rings (SSSR count). The van der Waals surface area contributed by atoms with Crippen molar-refractivity contribution in [1.29, 1.82) is 5.41 Å². The average molecular weight is 136 g/mol. The lowest BCUT2D eigenvalue weighted by Crippen LogP contribution is -2.20. The Bertz CT molecular complexity index is 301. The maximum absolute atomic E-state index is 10.2. The Morgan fingerprint density at radius 1 is 1.70 bits per heavy atom. The first kappa shape index (κ1) is 6.74. The fraction of sp³-hybridized carbons (Fsp3) is 0.143. The molecule has 0 bridgehead atoms. The SMILES string of the molecule is Cc1cccn(C=O)c1=N. The summed E-state index contributed by atoms with van der Waals surface area (Å²) in [5.41, 5.74) is 1.05. The molecule has 0 spiro atoms. The smallest absolute Gasteiger partial charge is 0.219 e. The van der Waals surface area contributed by atoms with Crippen LogP contribution in [0, 0.1) is 12.3 Å². The van der Waals surface area contributed by atoms with Crippen molar-refractivity contribution in [2.24, 2.45) is 0 Å². The number of carbonyl (C=O) groups excluding carboxylic acids is 1. The summed E-state index contributed by atoms with van der Waals surface area (Å²) in [4.78, 5) is 10.2. The van der Waals surface area contributed by atoms with Crippen LogP contribution in [0.4, 0.5) is 0 Å². The summed E-state index contributed by atoms with van der Waals surface area (Å²) in [6.45, 7) is 1.79. The van der Waals surface area contributed by atoms with Gasteiger partial charge < -0.3 is 0 Å². The lowest BCUT2D eigenvalue weighted by molar-refractivity contribution is 0.544. The molecule has 3 nitrogen and oxygen atoms in total. The monoisotopic (exact) mass is 136 g/mol. The molecule has 1 aromatic heterocycles. The van der Waals surface area contributed by atoms with Crippen molar-refractivity contribution in [2.45, 2.75) is 6.92 Å². The fourth-order valence-corrected chi connectivity index (χ4v) is 0.725. The van der Waals surface area contributed by atoms with Crippen molar-refractivity contribution >= 4 is 6.41 Å². The standard InChI is InChI=1S/C7H8N2O/c1-6-3-2-4-9(5-10)7(6)8/h2-5,8H,1H3. The van der Waals surface area contributed by atoms with Crippen LogP contribution in [0.25, 0.3) is 0 Å². The Hall–Kier alpha value is -1.38. The Labute approximate surface area is 58.4 Å². The molecule has 1 aromatic rings. The van der Waals surface area contributed by atoms with Crippen molar-refractivity contribution in [2.75, 3.05) is 0 Å². The minimum Gasteiger partial charge on any atom is -0.284 e. The van der Waals surface area contributed by atoms with E-state index in [4.69, 9.17) is 5.41 Å². The van der Waals surface area contributed by atoms with Gasteiger partial charge in [-0.15, -0.1) is 0 Å². The molecule has 3 heteroatoms. The molecule has 0 unspecified atom stereocenters. The maximum Gasteiger partial charge on any atom is 0.219 e. The minimum absolute atomic E-state index is 0.248. The second-order valence-electron chi connectivity index (χ2n) is 2.05. The van der Waals surface area contributed by atoms with E-state index in [0.29, 0.717) is 6.41 Å². The molecule has 1 heterocycles. The highest BCUT2D eigenvalue weighted by Gasteiger charge is 1.89. The summed E-state index contributed by atoms with van der Waals surface area (Å²) < 4.78 is 1.23. The number of pyridine rings is 1. The quantitative estimate of drug-likeness (QED) is 0.555. The minimum atomic E-state index is 0.248. The Morgan fingerprint density at radius 3 is 2.90 bits per heavy atom. The van der Waals surface area contributed by atoms with Crippen LogP contribution in [0.3, 0.4) is 0 Å². The molecule has 1 N–H and O–H groups in total. The molecule has 10 heavy (non-hydrogen) atoms. The van der Waals surface area contributed by atoms with Gasteiger partial charge in [0.05, 0.1) is 0 Å². The molecule has 0 aliphatic heterocycles. The summed E-state index contributed by atoms with van der Waals surface area (Å²) in [5, 5.41) is 7.33. The molecule has 0 radical (unpaired) electrons. The number of aryl methyl sites for hydroxylation is 1. The Kier molecular flexibility index (Phi) is 1.67. The number of nitrogens with zero attached hydrogens (tertiary/aromatic N) is 1. The van der Waals surface area contributed by atoms with Crippen molar-refractivity contribution < 1.29 is 4.79 Å². The number of hydrogen-bond donors (Lipinski definition) is 1. The Balaban J connectivity index is 3.42. The van der Waals surface area contributed by atoms with Gasteiger partial charge in [-0.05, 0) is 18.6 Å². The van der Waals surface area contributed by atoms with Gasteiger partial charge in [0.15, 0.2) is 0 Å². The second-order valence-corrected chi connectivity index (χ2v) is 2.05. The molecule has 0 aromatic carbocycles. The van der Waals surface area contributed by atoms with Gasteiger partial charge in [0.2, 0.25) is 6.41 Å². The molecule has 0 saturated carbocycles. The average Bonchev–Trinajstić information content (AvgIpc) is 1.95. The molecule has 0 saturated heterocycles. The second kappa shape index (κ2) is 2.47. The third-order valence-corrected chi connectivity index (χ3v) is 1.34. The summed E-state index contributed by atoms with van der Waals surface area (Å²) in [5.74, 6) is 0. The highest BCUT2D eigenvalue weighted by Crippen LogP contribution is 1.84. The number of rotatable bonds is 1. The first-order valence-corrected chi connectivity index (χ1v) is 2.93. The normalized spacial score (nSPS) is 9.30. The van der Waals surface area contributed by atoms with Crippen LogP contribution >= 0.6 is 0 Å². The first-order valence-electron chi connectivity index (χ1n) is 2.93. The summed E-state index contributed by atoms with van der Waals surface area (Å²) in [6, 6.07) is 3.53.